The topological polar surface area (TPSA) is 35.5 Å². The lowest BCUT2D eigenvalue weighted by Crippen LogP contribution is -1.97. The third kappa shape index (κ3) is 3.29. The van der Waals surface area contributed by atoms with Crippen molar-refractivity contribution in [3.05, 3.63) is 57.9 Å². The Hall–Kier alpha value is -1.75. The zero-order chi connectivity index (χ0) is 16.4. The molecule has 0 atom stereocenters. The smallest absolute Gasteiger partial charge is 0.263 e. The van der Waals surface area contributed by atoms with Gasteiger partial charge in [-0.25, -0.2) is 0 Å². The zero-order valence-electron chi connectivity index (χ0n) is 12.1. The van der Waals surface area contributed by atoms with Crippen LogP contribution in [0, 0.1) is 0 Å². The Morgan fingerprint density at radius 3 is 2.57 bits per heavy atom. The van der Waals surface area contributed by atoms with Gasteiger partial charge in [-0.05, 0) is 23.2 Å². The van der Waals surface area contributed by atoms with Crippen molar-refractivity contribution in [3.63, 3.8) is 0 Å². The van der Waals surface area contributed by atoms with Crippen LogP contribution in [-0.4, -0.2) is 12.4 Å². The van der Waals surface area contributed by atoms with Crippen LogP contribution in [-0.2, 0) is 6.61 Å². The van der Waals surface area contributed by atoms with Crippen LogP contribution in [0.4, 0.5) is 0 Å². The Balaban J connectivity index is 1.97. The molecule has 3 rings (SSSR count). The quantitative estimate of drug-likeness (QED) is 0.557. The highest BCUT2D eigenvalue weighted by Gasteiger charge is 2.18. The normalized spacial score (nSPS) is 10.7. The highest BCUT2D eigenvalue weighted by atomic mass is 35.5. The Bertz CT molecular complexity index is 859. The number of halogens is 2. The van der Waals surface area contributed by atoms with Gasteiger partial charge in [0.1, 0.15) is 11.5 Å². The fourth-order valence-electron chi connectivity index (χ4n) is 2.21. The molecule has 0 aliphatic heterocycles. The van der Waals surface area contributed by atoms with Crippen molar-refractivity contribution in [2.24, 2.45) is 0 Å². The van der Waals surface area contributed by atoms with E-state index in [9.17, 15) is 4.79 Å². The maximum Gasteiger partial charge on any atom is 0.263 e. The Morgan fingerprint density at radius 1 is 1.17 bits per heavy atom. The van der Waals surface area contributed by atoms with Gasteiger partial charge in [0.05, 0.1) is 12.1 Å². The second-order valence-corrected chi connectivity index (χ2v) is 6.57. The Labute approximate surface area is 147 Å². The third-order valence-corrected chi connectivity index (χ3v) is 5.29. The molecule has 0 saturated carbocycles. The lowest BCUT2D eigenvalue weighted by Gasteiger charge is -2.11. The average Bonchev–Trinajstić information content (AvgIpc) is 2.89. The minimum atomic E-state index is -0.568. The van der Waals surface area contributed by atoms with E-state index in [-0.39, 0.29) is 0 Å². The van der Waals surface area contributed by atoms with Gasteiger partial charge in [-0.2, -0.15) is 0 Å². The van der Waals surface area contributed by atoms with E-state index in [0.29, 0.717) is 28.0 Å². The lowest BCUT2D eigenvalue weighted by molar-refractivity contribution is 0.108. The number of methoxy groups -OCH3 is 1. The lowest BCUT2D eigenvalue weighted by atomic mass is 10.2. The van der Waals surface area contributed by atoms with E-state index in [1.54, 1.807) is 13.2 Å². The zero-order valence-corrected chi connectivity index (χ0v) is 14.5. The fraction of sp³-hybridized carbons (Fsp3) is 0.118. The first-order valence-electron chi connectivity index (χ1n) is 6.76. The summed E-state index contributed by atoms with van der Waals surface area (Å²) in [5.41, 5.74) is 1.05. The predicted octanol–water partition coefficient (Wildman–Crippen LogP) is 5.52. The van der Waals surface area contributed by atoms with Crippen LogP contribution in [0.1, 0.15) is 15.2 Å². The molecule has 118 valence electrons. The van der Waals surface area contributed by atoms with Crippen LogP contribution in [0.2, 0.25) is 5.02 Å². The second-order valence-electron chi connectivity index (χ2n) is 4.79. The van der Waals surface area contributed by atoms with Crippen LogP contribution in [0.3, 0.4) is 0 Å². The van der Waals surface area contributed by atoms with Crippen molar-refractivity contribution in [2.75, 3.05) is 7.11 Å². The van der Waals surface area contributed by atoms with Gasteiger partial charge in [-0.15, -0.1) is 11.3 Å². The Morgan fingerprint density at radius 2 is 1.91 bits per heavy atom. The van der Waals surface area contributed by atoms with Gasteiger partial charge in [0, 0.05) is 16.2 Å². The van der Waals surface area contributed by atoms with Crippen molar-refractivity contribution in [1.29, 1.82) is 0 Å². The molecule has 1 heterocycles. The van der Waals surface area contributed by atoms with E-state index in [1.165, 1.54) is 11.3 Å². The first kappa shape index (κ1) is 16.1. The molecule has 0 saturated heterocycles. The van der Waals surface area contributed by atoms with Gasteiger partial charge in [0.2, 0.25) is 0 Å². The molecule has 0 aliphatic carbocycles. The molecule has 3 nitrogen and oxygen atoms in total. The van der Waals surface area contributed by atoms with Gasteiger partial charge in [0.25, 0.3) is 5.24 Å². The largest absolute Gasteiger partial charge is 0.493 e. The molecule has 23 heavy (non-hydrogen) atoms. The second kappa shape index (κ2) is 6.79. The number of hydrogen-bond acceptors (Lipinski definition) is 4. The summed E-state index contributed by atoms with van der Waals surface area (Å²) in [5, 5.41) is 0.504. The van der Waals surface area contributed by atoms with Crippen LogP contribution < -0.4 is 9.47 Å². The third-order valence-electron chi connectivity index (χ3n) is 3.33. The van der Waals surface area contributed by atoms with Gasteiger partial charge in [-0.1, -0.05) is 41.9 Å². The molecular formula is C17H12Cl2O3S. The molecule has 0 radical (unpaired) electrons. The molecule has 0 unspecified atom stereocenters. The van der Waals surface area contributed by atoms with Crippen LogP contribution in [0.25, 0.3) is 10.1 Å². The molecule has 6 heteroatoms. The maximum atomic E-state index is 11.4. The number of rotatable bonds is 5. The van der Waals surface area contributed by atoms with Crippen molar-refractivity contribution in [2.45, 2.75) is 6.61 Å². The van der Waals surface area contributed by atoms with Gasteiger partial charge in [-0.3, -0.25) is 4.79 Å². The summed E-state index contributed by atoms with van der Waals surface area (Å²) in [6, 6.07) is 13.4. The molecule has 0 spiro atoms. The number of carbonyl (C=O) groups excluding carboxylic acids is 1. The summed E-state index contributed by atoms with van der Waals surface area (Å²) in [5.74, 6) is 1.15. The van der Waals surface area contributed by atoms with Crippen molar-refractivity contribution < 1.29 is 14.3 Å². The number of hydrogen-bond donors (Lipinski definition) is 0. The van der Waals surface area contributed by atoms with Crippen LogP contribution in [0.5, 0.6) is 11.5 Å². The van der Waals surface area contributed by atoms with E-state index >= 15 is 0 Å². The molecule has 2 aromatic carbocycles. The van der Waals surface area contributed by atoms with E-state index in [0.717, 1.165) is 15.6 Å². The summed E-state index contributed by atoms with van der Waals surface area (Å²) in [6.45, 7) is 0.420. The highest BCUT2D eigenvalue weighted by molar-refractivity contribution is 7.23. The first-order valence-corrected chi connectivity index (χ1v) is 8.34. The van der Waals surface area contributed by atoms with Crippen LogP contribution >= 0.6 is 34.5 Å². The number of ether oxygens (including phenoxy) is 2. The van der Waals surface area contributed by atoms with Gasteiger partial charge < -0.3 is 9.47 Å². The minimum Gasteiger partial charge on any atom is -0.493 e. The SMILES string of the molecule is COc1cc2c(Cl)c(C(=O)Cl)sc2cc1OCc1ccccc1. The summed E-state index contributed by atoms with van der Waals surface area (Å²) >= 11 is 13.0. The monoisotopic (exact) mass is 366 g/mol. The summed E-state index contributed by atoms with van der Waals surface area (Å²) in [7, 11) is 1.56. The number of fused-ring (bicyclic) bond motifs is 1. The maximum absolute atomic E-state index is 11.4. The van der Waals surface area contributed by atoms with Crippen molar-refractivity contribution >= 4 is 49.9 Å². The number of carbonyl (C=O) groups is 1. The summed E-state index contributed by atoms with van der Waals surface area (Å²) in [4.78, 5) is 11.7. The predicted molar refractivity (Wildman–Crippen MR) is 94.3 cm³/mol. The number of benzene rings is 2. The molecule has 0 fully saturated rings. The molecule has 1 aromatic heterocycles. The van der Waals surface area contributed by atoms with Crippen LogP contribution in [0.15, 0.2) is 42.5 Å². The molecule has 0 bridgehead atoms. The molecule has 0 N–H and O–H groups in total. The summed E-state index contributed by atoms with van der Waals surface area (Å²) < 4.78 is 12.0. The summed E-state index contributed by atoms with van der Waals surface area (Å²) in [6.07, 6.45) is 0. The number of thiophene rings is 1. The van der Waals surface area contributed by atoms with Crippen molar-refractivity contribution in [1.82, 2.24) is 0 Å². The standard InChI is InChI=1S/C17H12Cl2O3S/c1-21-12-7-11-14(23-16(15(11)18)17(19)20)8-13(12)22-9-10-5-3-2-4-6-10/h2-8H,9H2,1H3. The van der Waals surface area contributed by atoms with Gasteiger partial charge in [0.15, 0.2) is 11.5 Å². The average molecular weight is 367 g/mol. The minimum absolute atomic E-state index is 0.325. The van der Waals surface area contributed by atoms with Crippen molar-refractivity contribution in [3.8, 4) is 11.5 Å². The Kier molecular flexibility index (Phi) is 4.76. The molecular weight excluding hydrogens is 355 g/mol. The van der Waals surface area contributed by atoms with Gasteiger partial charge >= 0.3 is 0 Å². The van der Waals surface area contributed by atoms with E-state index in [1.807, 2.05) is 36.4 Å². The van der Waals surface area contributed by atoms with E-state index in [4.69, 9.17) is 32.7 Å². The van der Waals surface area contributed by atoms with E-state index in [2.05, 4.69) is 0 Å². The molecule has 0 aliphatic rings. The molecule has 0 amide bonds. The first-order chi connectivity index (χ1) is 11.1. The van der Waals surface area contributed by atoms with E-state index < -0.39 is 5.24 Å². The fourth-order valence-corrected chi connectivity index (χ4v) is 3.82. The molecule has 3 aromatic rings. The highest BCUT2D eigenvalue weighted by Crippen LogP contribution is 2.42.